The van der Waals surface area contributed by atoms with Crippen LogP contribution in [0.4, 0.5) is 0 Å². The molecule has 4 aliphatic rings. The maximum atomic E-state index is 6.29. The van der Waals surface area contributed by atoms with Crippen molar-refractivity contribution >= 4 is 0 Å². The first kappa shape index (κ1) is 16.1. The third-order valence-electron chi connectivity index (χ3n) is 6.32. The molecule has 4 N–H and O–H groups in total. The molecule has 4 heteroatoms. The maximum absolute atomic E-state index is 6.29. The third kappa shape index (κ3) is 3.34. The van der Waals surface area contributed by atoms with Crippen molar-refractivity contribution in [1.29, 1.82) is 0 Å². The van der Waals surface area contributed by atoms with Crippen LogP contribution in [0.25, 0.3) is 0 Å². The number of hydrogen-bond acceptors (Lipinski definition) is 4. The van der Waals surface area contributed by atoms with Crippen LogP contribution in [0.1, 0.15) is 44.9 Å². The van der Waals surface area contributed by atoms with E-state index in [2.05, 4.69) is 28.3 Å². The lowest BCUT2D eigenvalue weighted by Gasteiger charge is -2.42. The van der Waals surface area contributed by atoms with Gasteiger partial charge in [-0.3, -0.25) is 0 Å². The van der Waals surface area contributed by atoms with Gasteiger partial charge in [-0.25, -0.2) is 0 Å². The van der Waals surface area contributed by atoms with Crippen LogP contribution in [0.2, 0.25) is 0 Å². The molecule has 4 nitrogen and oxygen atoms in total. The third-order valence-corrected chi connectivity index (χ3v) is 6.32. The molecule has 0 aromatic carbocycles. The highest BCUT2D eigenvalue weighted by molar-refractivity contribution is 5.51. The van der Waals surface area contributed by atoms with Crippen molar-refractivity contribution < 1.29 is 0 Å². The van der Waals surface area contributed by atoms with E-state index in [0.29, 0.717) is 5.92 Å². The van der Waals surface area contributed by atoms with Gasteiger partial charge in [0.25, 0.3) is 0 Å². The Labute approximate surface area is 146 Å². The highest BCUT2D eigenvalue weighted by Gasteiger charge is 2.32. The quantitative estimate of drug-likeness (QED) is 0.701. The lowest BCUT2D eigenvalue weighted by molar-refractivity contribution is 0.0850. The number of hydrogen-bond donors (Lipinski definition) is 3. The van der Waals surface area contributed by atoms with Crippen molar-refractivity contribution in [3.63, 3.8) is 0 Å². The molecule has 0 spiro atoms. The van der Waals surface area contributed by atoms with Crippen molar-refractivity contribution in [2.45, 2.75) is 51.0 Å². The van der Waals surface area contributed by atoms with Crippen LogP contribution in [0.3, 0.4) is 0 Å². The van der Waals surface area contributed by atoms with Crippen molar-refractivity contribution in [2.24, 2.45) is 17.6 Å². The van der Waals surface area contributed by atoms with Crippen LogP contribution in [0.15, 0.2) is 35.3 Å². The van der Waals surface area contributed by atoms with Gasteiger partial charge in [-0.05, 0) is 69.0 Å². The zero-order chi connectivity index (χ0) is 16.5. The van der Waals surface area contributed by atoms with E-state index in [1.54, 1.807) is 0 Å². The average Bonchev–Trinajstić information content (AvgIpc) is 3.37. The minimum Gasteiger partial charge on any atom is -0.400 e. The summed E-state index contributed by atoms with van der Waals surface area (Å²) in [5.41, 5.74) is 10.8. The molecule has 0 atom stereocenters. The fourth-order valence-electron chi connectivity index (χ4n) is 4.33. The zero-order valence-corrected chi connectivity index (χ0v) is 14.8. The van der Waals surface area contributed by atoms with Gasteiger partial charge in [0, 0.05) is 35.8 Å². The summed E-state index contributed by atoms with van der Waals surface area (Å²) in [4.78, 5) is 2.72. The van der Waals surface area contributed by atoms with Crippen LogP contribution in [-0.4, -0.2) is 37.1 Å². The van der Waals surface area contributed by atoms with Gasteiger partial charge in [0.05, 0.1) is 6.54 Å². The van der Waals surface area contributed by atoms with Crippen LogP contribution >= 0.6 is 0 Å². The Morgan fingerprint density at radius 1 is 1.21 bits per heavy atom. The summed E-state index contributed by atoms with van der Waals surface area (Å²) in [6, 6.07) is 0.903. The van der Waals surface area contributed by atoms with Crippen LogP contribution in [0.5, 0.6) is 0 Å². The van der Waals surface area contributed by atoms with E-state index in [-0.39, 0.29) is 0 Å². The summed E-state index contributed by atoms with van der Waals surface area (Å²) in [5.74, 6) is 1.46. The molecular weight excluding hydrogens is 296 g/mol. The Morgan fingerprint density at radius 2 is 1.96 bits per heavy atom. The van der Waals surface area contributed by atoms with E-state index in [0.717, 1.165) is 36.4 Å². The largest absolute Gasteiger partial charge is 0.400 e. The molecule has 2 aliphatic carbocycles. The second-order valence-corrected chi connectivity index (χ2v) is 8.08. The second-order valence-electron chi connectivity index (χ2n) is 8.08. The number of piperidine rings is 1. The first-order chi connectivity index (χ1) is 11.7. The molecule has 4 rings (SSSR count). The Balaban J connectivity index is 1.28. The molecule has 132 valence electrons. The predicted octanol–water partition coefficient (Wildman–Crippen LogP) is 2.46. The first-order valence-electron chi connectivity index (χ1n) is 9.82. The molecular formula is C20H32N4. The summed E-state index contributed by atoms with van der Waals surface area (Å²) >= 11 is 0. The Morgan fingerprint density at radius 3 is 2.58 bits per heavy atom. The van der Waals surface area contributed by atoms with E-state index in [1.807, 2.05) is 0 Å². The van der Waals surface area contributed by atoms with E-state index in [1.165, 1.54) is 69.2 Å². The van der Waals surface area contributed by atoms with Gasteiger partial charge in [-0.2, -0.15) is 0 Å². The highest BCUT2D eigenvalue weighted by Crippen LogP contribution is 2.42. The van der Waals surface area contributed by atoms with Crippen LogP contribution in [-0.2, 0) is 0 Å². The fraction of sp³-hybridized carbons (Fsp3) is 0.700. The van der Waals surface area contributed by atoms with E-state index < -0.39 is 0 Å². The topological polar surface area (TPSA) is 53.3 Å². The number of nitrogens with two attached hydrogens (primary N) is 1. The molecule has 1 saturated heterocycles. The number of nitrogens with zero attached hydrogens (tertiary/aromatic N) is 1. The predicted molar refractivity (Wildman–Crippen MR) is 99.1 cm³/mol. The Bertz CT molecular complexity index is 546. The Kier molecular flexibility index (Phi) is 4.57. The molecule has 2 saturated carbocycles. The van der Waals surface area contributed by atoms with E-state index in [9.17, 15) is 0 Å². The summed E-state index contributed by atoms with van der Waals surface area (Å²) in [7, 11) is 0. The van der Waals surface area contributed by atoms with Gasteiger partial charge in [0.2, 0.25) is 0 Å². The van der Waals surface area contributed by atoms with Crippen molar-refractivity contribution in [2.75, 3.05) is 26.2 Å². The first-order valence-corrected chi connectivity index (χ1v) is 9.82. The summed E-state index contributed by atoms with van der Waals surface area (Å²) in [6.45, 7) is 8.66. The van der Waals surface area contributed by atoms with Gasteiger partial charge in [0.15, 0.2) is 0 Å². The van der Waals surface area contributed by atoms with Gasteiger partial charge >= 0.3 is 0 Å². The molecule has 2 aliphatic heterocycles. The number of dihydropyridines is 1. The zero-order valence-electron chi connectivity index (χ0n) is 14.8. The highest BCUT2D eigenvalue weighted by atomic mass is 15.2. The average molecular weight is 329 g/mol. The second kappa shape index (κ2) is 6.83. The molecule has 0 aromatic rings. The monoisotopic (exact) mass is 328 g/mol. The Hall–Kier alpha value is -1.42. The molecule has 0 unspecified atom stereocenters. The molecule has 0 bridgehead atoms. The number of likely N-dealkylation sites (tertiary alicyclic amines) is 1. The van der Waals surface area contributed by atoms with E-state index >= 15 is 0 Å². The van der Waals surface area contributed by atoms with Crippen molar-refractivity contribution in [3.05, 3.63) is 35.3 Å². The minimum atomic E-state index is 0.690. The van der Waals surface area contributed by atoms with Gasteiger partial charge in [-0.15, -0.1) is 0 Å². The molecule has 24 heavy (non-hydrogen) atoms. The van der Waals surface area contributed by atoms with Crippen LogP contribution < -0.4 is 16.4 Å². The minimum absolute atomic E-state index is 0.690. The van der Waals surface area contributed by atoms with Gasteiger partial charge in [-0.1, -0.05) is 13.0 Å². The normalized spacial score (nSPS) is 26.6. The lowest BCUT2D eigenvalue weighted by atomic mass is 9.87. The smallest absolute Gasteiger partial charge is 0.0547 e. The van der Waals surface area contributed by atoms with Gasteiger partial charge < -0.3 is 21.3 Å². The maximum Gasteiger partial charge on any atom is 0.0547 e. The number of nitrogens with one attached hydrogen (secondary N) is 2. The molecule has 3 fully saturated rings. The summed E-state index contributed by atoms with van der Waals surface area (Å²) in [5, 5.41) is 6.92. The van der Waals surface area contributed by atoms with Crippen molar-refractivity contribution in [1.82, 2.24) is 15.5 Å². The van der Waals surface area contributed by atoms with E-state index in [4.69, 9.17) is 5.73 Å². The summed E-state index contributed by atoms with van der Waals surface area (Å²) in [6.07, 6.45) is 11.7. The van der Waals surface area contributed by atoms with Crippen molar-refractivity contribution in [3.8, 4) is 0 Å². The number of allylic oxidation sites excluding steroid dienone is 1. The summed E-state index contributed by atoms with van der Waals surface area (Å²) < 4.78 is 0. The molecule has 2 heterocycles. The standard InChI is InChI=1S/C20H32N4/c1-14(20-18(16-5-6-16)12-22-13-19(20)21)23-11-15-7-9-24(10-8-15)17-3-2-4-17/h12,15-17,22-23H,1-11,13,21H2. The molecule has 0 amide bonds. The fourth-order valence-corrected chi connectivity index (χ4v) is 4.33. The SMILES string of the molecule is C=C(NCC1CCN(C2CCC2)CC1)C1=C(N)CNC=C1C1CC1. The van der Waals surface area contributed by atoms with Crippen LogP contribution in [0, 0.1) is 11.8 Å². The molecule has 0 radical (unpaired) electrons. The van der Waals surface area contributed by atoms with Gasteiger partial charge in [0.1, 0.15) is 0 Å². The molecule has 0 aromatic heterocycles. The lowest BCUT2D eigenvalue weighted by Crippen LogP contribution is -2.46. The number of rotatable bonds is 6.